The number of hydrogen-bond donors (Lipinski definition) is 3. The van der Waals surface area contributed by atoms with Gasteiger partial charge in [0.15, 0.2) is 5.69 Å². The second-order valence-corrected chi connectivity index (χ2v) is 6.44. The van der Waals surface area contributed by atoms with E-state index < -0.39 is 0 Å². The molecule has 0 fully saturated rings. The molecule has 0 bridgehead atoms. The number of nitrogens with one attached hydrogen (secondary N) is 3. The van der Waals surface area contributed by atoms with Crippen LogP contribution in [0.1, 0.15) is 21.7 Å². The Balaban J connectivity index is 0.00000225. The predicted octanol–water partition coefficient (Wildman–Crippen LogP) is 1.35. The normalized spacial score (nSPS) is 12.7. The van der Waals surface area contributed by atoms with Crippen molar-refractivity contribution in [2.75, 3.05) is 25.5 Å². The lowest BCUT2D eigenvalue weighted by atomic mass is 10.1. The number of carbonyl (C=O) groups is 2. The molecule has 3 rings (SSSR count). The number of rotatable bonds is 4. The molecule has 2 aromatic heterocycles. The van der Waals surface area contributed by atoms with Crippen molar-refractivity contribution in [3.8, 4) is 0 Å². The Morgan fingerprint density at radius 1 is 1.40 bits per heavy atom. The molecule has 3 heterocycles. The van der Waals surface area contributed by atoms with Gasteiger partial charge in [0, 0.05) is 48.5 Å². The van der Waals surface area contributed by atoms with Crippen LogP contribution in [0.3, 0.4) is 0 Å². The van der Waals surface area contributed by atoms with Crippen molar-refractivity contribution < 1.29 is 9.59 Å². The van der Waals surface area contributed by atoms with Crippen molar-refractivity contribution in [3.63, 3.8) is 0 Å². The number of carbonyl (C=O) groups excluding carboxylic acids is 2. The van der Waals surface area contributed by atoms with Crippen LogP contribution in [0.25, 0.3) is 0 Å². The smallest absolute Gasteiger partial charge is 0.274 e. The molecule has 3 N–H and O–H groups in total. The molecule has 0 atom stereocenters. The molecule has 25 heavy (non-hydrogen) atoms. The van der Waals surface area contributed by atoms with Gasteiger partial charge in [-0.2, -0.15) is 5.10 Å². The van der Waals surface area contributed by atoms with Crippen LogP contribution >= 0.6 is 28.3 Å². The molecule has 1 aliphatic rings. The minimum absolute atomic E-state index is 0. The summed E-state index contributed by atoms with van der Waals surface area (Å²) in [6.07, 6.45) is 2.41. The van der Waals surface area contributed by atoms with Crippen molar-refractivity contribution in [3.05, 3.63) is 39.8 Å². The number of H-pyrrole nitrogens is 1. The Bertz CT molecular complexity index is 764. The van der Waals surface area contributed by atoms with Crippen LogP contribution in [0, 0.1) is 0 Å². The molecule has 10 heteroatoms. The zero-order chi connectivity index (χ0) is 17.1. The summed E-state index contributed by atoms with van der Waals surface area (Å²) in [6, 6.07) is 3.46. The lowest BCUT2D eigenvalue weighted by Gasteiger charge is -2.17. The molecule has 0 radical (unpaired) electrons. The van der Waals surface area contributed by atoms with Gasteiger partial charge in [0.05, 0.1) is 6.54 Å². The third-order valence-electron chi connectivity index (χ3n) is 3.73. The number of hydrogen-bond acceptors (Lipinski definition) is 5. The Morgan fingerprint density at radius 3 is 2.92 bits per heavy atom. The van der Waals surface area contributed by atoms with Gasteiger partial charge >= 0.3 is 0 Å². The van der Waals surface area contributed by atoms with Crippen molar-refractivity contribution in [2.24, 2.45) is 0 Å². The number of nitrogens with zero attached hydrogens (tertiary/aromatic N) is 3. The predicted molar refractivity (Wildman–Crippen MR) is 98.8 cm³/mol. The summed E-state index contributed by atoms with van der Waals surface area (Å²) in [5.74, 6) is -0.163. The second-order valence-electron chi connectivity index (χ2n) is 5.53. The average molecular weight is 430 g/mol. The molecule has 0 spiro atoms. The number of anilines is 1. The number of pyridine rings is 1. The van der Waals surface area contributed by atoms with E-state index in [1.165, 1.54) is 4.90 Å². The van der Waals surface area contributed by atoms with Gasteiger partial charge in [0.1, 0.15) is 5.82 Å². The molecule has 0 aliphatic carbocycles. The quantitative estimate of drug-likeness (QED) is 0.681. The topological polar surface area (TPSA) is 103 Å². The van der Waals surface area contributed by atoms with Gasteiger partial charge in [-0.15, -0.1) is 12.4 Å². The van der Waals surface area contributed by atoms with Gasteiger partial charge in [0.25, 0.3) is 5.91 Å². The summed E-state index contributed by atoms with van der Waals surface area (Å²) in [5, 5.41) is 12.9. The van der Waals surface area contributed by atoms with Gasteiger partial charge in [-0.3, -0.25) is 14.7 Å². The Labute approximate surface area is 159 Å². The first-order chi connectivity index (χ1) is 11.5. The van der Waals surface area contributed by atoms with Gasteiger partial charge < -0.3 is 15.5 Å². The van der Waals surface area contributed by atoms with Crippen molar-refractivity contribution >= 4 is 46.0 Å². The molecule has 2 aromatic rings. The fourth-order valence-electron chi connectivity index (χ4n) is 2.50. The average Bonchev–Trinajstić information content (AvgIpc) is 3.00. The summed E-state index contributed by atoms with van der Waals surface area (Å²) in [5.41, 5.74) is 2.23. The standard InChI is InChI=1S/C15H17BrN6O2.ClH/c1-22(8-13(23)19-12-3-2-9(16)6-18-12)15(24)14-10-7-17-5-4-11(10)20-21-14;/h2-3,6,17H,4-5,7-8H2,1H3,(H,20,21)(H,18,19,23);1H. The molecule has 1 aliphatic heterocycles. The molecule has 8 nitrogen and oxygen atoms in total. The van der Waals surface area contributed by atoms with E-state index in [1.54, 1.807) is 25.4 Å². The first-order valence-electron chi connectivity index (χ1n) is 7.48. The van der Waals surface area contributed by atoms with Crippen LogP contribution in [0.5, 0.6) is 0 Å². The van der Waals surface area contributed by atoms with E-state index in [-0.39, 0.29) is 30.8 Å². The highest BCUT2D eigenvalue weighted by Gasteiger charge is 2.24. The van der Waals surface area contributed by atoms with Crippen LogP contribution in [-0.4, -0.2) is 52.0 Å². The van der Waals surface area contributed by atoms with Crippen LogP contribution < -0.4 is 10.6 Å². The summed E-state index contributed by atoms with van der Waals surface area (Å²) in [7, 11) is 1.58. The van der Waals surface area contributed by atoms with Crippen molar-refractivity contribution in [1.82, 2.24) is 25.4 Å². The summed E-state index contributed by atoms with van der Waals surface area (Å²) in [4.78, 5) is 30.0. The minimum Gasteiger partial charge on any atom is -0.331 e. The number of likely N-dealkylation sites (N-methyl/N-ethyl adjacent to an activating group) is 1. The van der Waals surface area contributed by atoms with Gasteiger partial charge in [0.2, 0.25) is 5.91 Å². The number of halogens is 2. The second kappa shape index (κ2) is 8.41. The summed E-state index contributed by atoms with van der Waals surface area (Å²) >= 11 is 3.28. The van der Waals surface area contributed by atoms with Gasteiger partial charge in [-0.05, 0) is 28.1 Å². The van der Waals surface area contributed by atoms with Crippen LogP contribution in [0.15, 0.2) is 22.8 Å². The molecule has 2 amide bonds. The Morgan fingerprint density at radius 2 is 2.20 bits per heavy atom. The Hall–Kier alpha value is -1.97. The SMILES string of the molecule is CN(CC(=O)Nc1ccc(Br)cn1)C(=O)c1n[nH]c2c1CNCC2.Cl. The molecule has 134 valence electrons. The largest absolute Gasteiger partial charge is 0.331 e. The highest BCUT2D eigenvalue weighted by atomic mass is 79.9. The highest BCUT2D eigenvalue weighted by Crippen LogP contribution is 2.16. The van der Waals surface area contributed by atoms with E-state index in [2.05, 4.69) is 41.7 Å². The number of aromatic nitrogens is 3. The Kier molecular flexibility index (Phi) is 6.51. The lowest BCUT2D eigenvalue weighted by Crippen LogP contribution is -2.36. The molecular weight excluding hydrogens is 412 g/mol. The first kappa shape index (κ1) is 19.4. The minimum atomic E-state index is -0.316. The van der Waals surface area contributed by atoms with Crippen molar-refractivity contribution in [1.29, 1.82) is 0 Å². The zero-order valence-electron chi connectivity index (χ0n) is 13.5. The molecule has 0 unspecified atom stereocenters. The summed E-state index contributed by atoms with van der Waals surface area (Å²) in [6.45, 7) is 1.39. The monoisotopic (exact) mass is 428 g/mol. The zero-order valence-corrected chi connectivity index (χ0v) is 15.9. The third-order valence-corrected chi connectivity index (χ3v) is 4.20. The molecular formula is C15H18BrClN6O2. The maximum absolute atomic E-state index is 12.5. The van der Waals surface area contributed by atoms with Gasteiger partial charge in [-0.1, -0.05) is 0 Å². The molecule has 0 aromatic carbocycles. The fourth-order valence-corrected chi connectivity index (χ4v) is 2.74. The number of aromatic amines is 1. The maximum Gasteiger partial charge on any atom is 0.274 e. The third kappa shape index (κ3) is 4.56. The van der Waals surface area contributed by atoms with E-state index >= 15 is 0 Å². The van der Waals surface area contributed by atoms with Gasteiger partial charge in [-0.25, -0.2) is 4.98 Å². The van der Waals surface area contributed by atoms with E-state index in [4.69, 9.17) is 0 Å². The highest BCUT2D eigenvalue weighted by molar-refractivity contribution is 9.10. The molecule has 0 saturated carbocycles. The van der Waals surface area contributed by atoms with Crippen LogP contribution in [0.4, 0.5) is 5.82 Å². The van der Waals surface area contributed by atoms with Crippen molar-refractivity contribution in [2.45, 2.75) is 13.0 Å². The van der Waals surface area contributed by atoms with E-state index in [9.17, 15) is 9.59 Å². The molecule has 0 saturated heterocycles. The van der Waals surface area contributed by atoms with E-state index in [0.29, 0.717) is 18.1 Å². The van der Waals surface area contributed by atoms with E-state index in [0.717, 1.165) is 28.7 Å². The number of amides is 2. The first-order valence-corrected chi connectivity index (χ1v) is 8.27. The van der Waals surface area contributed by atoms with Crippen LogP contribution in [-0.2, 0) is 17.8 Å². The van der Waals surface area contributed by atoms with E-state index in [1.807, 2.05) is 0 Å². The fraction of sp³-hybridized carbons (Fsp3) is 0.333. The maximum atomic E-state index is 12.5. The summed E-state index contributed by atoms with van der Waals surface area (Å²) < 4.78 is 0.824. The number of fused-ring (bicyclic) bond motifs is 1. The van der Waals surface area contributed by atoms with Crippen LogP contribution in [0.2, 0.25) is 0 Å². The lowest BCUT2D eigenvalue weighted by molar-refractivity contribution is -0.116.